The summed E-state index contributed by atoms with van der Waals surface area (Å²) in [6.45, 7) is 0.177. The second kappa shape index (κ2) is 4.21. The summed E-state index contributed by atoms with van der Waals surface area (Å²) in [5, 5.41) is 18.4. The van der Waals surface area contributed by atoms with Gasteiger partial charge in [-0.3, -0.25) is 9.59 Å². The van der Waals surface area contributed by atoms with Crippen molar-refractivity contribution in [3.05, 3.63) is 23.8 Å². The van der Waals surface area contributed by atoms with Gasteiger partial charge >= 0.3 is 11.9 Å². The molecule has 6 nitrogen and oxygen atoms in total. The van der Waals surface area contributed by atoms with E-state index in [1.807, 2.05) is 0 Å². The SMILES string of the molecule is Nc1ccc2c(c1)C(CC(=O)O)(C(=O)O)CCO2. The van der Waals surface area contributed by atoms with Gasteiger partial charge in [0.25, 0.3) is 0 Å². The fourth-order valence-electron chi connectivity index (χ4n) is 2.26. The lowest BCUT2D eigenvalue weighted by molar-refractivity contribution is -0.151. The molecule has 18 heavy (non-hydrogen) atoms. The minimum atomic E-state index is -1.46. The van der Waals surface area contributed by atoms with Crippen molar-refractivity contribution in [2.75, 3.05) is 12.3 Å². The Morgan fingerprint density at radius 2 is 2.11 bits per heavy atom. The molecule has 2 rings (SSSR count). The summed E-state index contributed by atoms with van der Waals surface area (Å²) in [7, 11) is 0. The first-order valence-electron chi connectivity index (χ1n) is 5.44. The monoisotopic (exact) mass is 251 g/mol. The largest absolute Gasteiger partial charge is 0.493 e. The Labute approximate surface area is 103 Å². The summed E-state index contributed by atoms with van der Waals surface area (Å²) in [4.78, 5) is 22.5. The summed E-state index contributed by atoms with van der Waals surface area (Å²) in [5.41, 5.74) is 4.90. The molecule has 1 aromatic rings. The summed E-state index contributed by atoms with van der Waals surface area (Å²) in [5.74, 6) is -1.94. The minimum absolute atomic E-state index is 0.116. The Bertz CT molecular complexity index is 513. The van der Waals surface area contributed by atoms with E-state index in [9.17, 15) is 14.7 Å². The number of carboxylic acid groups (broad SMARTS) is 2. The molecule has 1 atom stereocenters. The number of benzene rings is 1. The van der Waals surface area contributed by atoms with Crippen molar-refractivity contribution in [3.63, 3.8) is 0 Å². The number of rotatable bonds is 3. The predicted molar refractivity (Wildman–Crippen MR) is 62.5 cm³/mol. The molecule has 4 N–H and O–H groups in total. The Kier molecular flexibility index (Phi) is 2.86. The quantitative estimate of drug-likeness (QED) is 0.687. The average Bonchev–Trinajstić information content (AvgIpc) is 2.29. The number of hydrogen-bond donors (Lipinski definition) is 3. The molecule has 0 spiro atoms. The Morgan fingerprint density at radius 1 is 1.39 bits per heavy atom. The summed E-state index contributed by atoms with van der Waals surface area (Å²) >= 11 is 0. The average molecular weight is 251 g/mol. The van der Waals surface area contributed by atoms with Gasteiger partial charge in [-0.15, -0.1) is 0 Å². The van der Waals surface area contributed by atoms with E-state index in [2.05, 4.69) is 0 Å². The lowest BCUT2D eigenvalue weighted by Gasteiger charge is -2.34. The number of aliphatic carboxylic acids is 2. The molecule has 6 heteroatoms. The molecular formula is C12H13NO5. The van der Waals surface area contributed by atoms with Crippen LogP contribution in [-0.2, 0) is 15.0 Å². The van der Waals surface area contributed by atoms with E-state index in [0.717, 1.165) is 0 Å². The van der Waals surface area contributed by atoms with Crippen molar-refractivity contribution in [1.29, 1.82) is 0 Å². The molecule has 0 aliphatic carbocycles. The topological polar surface area (TPSA) is 110 Å². The number of nitrogen functional groups attached to an aromatic ring is 1. The highest BCUT2D eigenvalue weighted by Crippen LogP contribution is 2.42. The molecule has 0 saturated carbocycles. The minimum Gasteiger partial charge on any atom is -0.493 e. The lowest BCUT2D eigenvalue weighted by Crippen LogP contribution is -2.42. The molecular weight excluding hydrogens is 238 g/mol. The van der Waals surface area contributed by atoms with Crippen molar-refractivity contribution in [2.45, 2.75) is 18.3 Å². The van der Waals surface area contributed by atoms with Gasteiger partial charge in [0.05, 0.1) is 13.0 Å². The van der Waals surface area contributed by atoms with Gasteiger partial charge < -0.3 is 20.7 Å². The Balaban J connectivity index is 2.59. The van der Waals surface area contributed by atoms with Crippen molar-refractivity contribution < 1.29 is 24.5 Å². The van der Waals surface area contributed by atoms with E-state index in [-0.39, 0.29) is 13.0 Å². The van der Waals surface area contributed by atoms with Crippen molar-refractivity contribution >= 4 is 17.6 Å². The van der Waals surface area contributed by atoms with Crippen LogP contribution in [0.15, 0.2) is 18.2 Å². The maximum Gasteiger partial charge on any atom is 0.314 e. The number of nitrogens with two attached hydrogens (primary N) is 1. The zero-order chi connectivity index (χ0) is 13.3. The predicted octanol–water partition coefficient (Wildman–Crippen LogP) is 0.848. The molecule has 0 radical (unpaired) electrons. The fourth-order valence-corrected chi connectivity index (χ4v) is 2.26. The van der Waals surface area contributed by atoms with E-state index in [4.69, 9.17) is 15.6 Å². The van der Waals surface area contributed by atoms with Crippen LogP contribution in [0.3, 0.4) is 0 Å². The highest BCUT2D eigenvalue weighted by atomic mass is 16.5. The van der Waals surface area contributed by atoms with Crippen LogP contribution in [0.5, 0.6) is 5.75 Å². The Hall–Kier alpha value is -2.24. The van der Waals surface area contributed by atoms with Gasteiger partial charge in [-0.05, 0) is 18.2 Å². The third-order valence-corrected chi connectivity index (χ3v) is 3.17. The van der Waals surface area contributed by atoms with E-state index in [0.29, 0.717) is 17.0 Å². The molecule has 0 fully saturated rings. The van der Waals surface area contributed by atoms with Gasteiger partial charge in [-0.25, -0.2) is 0 Å². The standard InChI is InChI=1S/C12H13NO5/c13-7-1-2-9-8(5-7)12(11(16)17,3-4-18-9)6-10(14)15/h1-2,5H,3-4,6,13H2,(H,14,15)(H,16,17). The third-order valence-electron chi connectivity index (χ3n) is 3.17. The lowest BCUT2D eigenvalue weighted by atomic mass is 9.73. The van der Waals surface area contributed by atoms with Crippen LogP contribution < -0.4 is 10.5 Å². The van der Waals surface area contributed by atoms with Gasteiger partial charge in [-0.1, -0.05) is 0 Å². The maximum absolute atomic E-state index is 11.5. The molecule has 1 heterocycles. The summed E-state index contributed by atoms with van der Waals surface area (Å²) in [6.07, 6.45) is -0.368. The number of carbonyl (C=O) groups is 2. The third kappa shape index (κ3) is 1.85. The molecule has 0 saturated heterocycles. The van der Waals surface area contributed by atoms with E-state index < -0.39 is 23.8 Å². The number of carboxylic acids is 2. The molecule has 1 unspecified atom stereocenters. The first-order valence-corrected chi connectivity index (χ1v) is 5.44. The highest BCUT2D eigenvalue weighted by molar-refractivity contribution is 5.88. The first kappa shape index (κ1) is 12.2. The molecule has 1 aromatic carbocycles. The molecule has 96 valence electrons. The maximum atomic E-state index is 11.5. The van der Waals surface area contributed by atoms with Crippen molar-refractivity contribution in [2.24, 2.45) is 0 Å². The zero-order valence-electron chi connectivity index (χ0n) is 9.55. The molecule has 1 aliphatic rings. The molecule has 0 amide bonds. The number of hydrogen-bond acceptors (Lipinski definition) is 4. The smallest absolute Gasteiger partial charge is 0.314 e. The van der Waals surface area contributed by atoms with Gasteiger partial charge in [0.1, 0.15) is 11.2 Å². The number of anilines is 1. The van der Waals surface area contributed by atoms with E-state index in [1.54, 1.807) is 12.1 Å². The van der Waals surface area contributed by atoms with Crippen LogP contribution in [-0.4, -0.2) is 28.8 Å². The molecule has 1 aliphatic heterocycles. The first-order chi connectivity index (χ1) is 8.45. The zero-order valence-corrected chi connectivity index (χ0v) is 9.55. The second-order valence-electron chi connectivity index (χ2n) is 4.31. The number of ether oxygens (including phenoxy) is 1. The van der Waals surface area contributed by atoms with Crippen molar-refractivity contribution in [1.82, 2.24) is 0 Å². The van der Waals surface area contributed by atoms with Gasteiger partial charge in [0.15, 0.2) is 0 Å². The summed E-state index contributed by atoms with van der Waals surface area (Å²) in [6, 6.07) is 4.65. The fraction of sp³-hybridized carbons (Fsp3) is 0.333. The second-order valence-corrected chi connectivity index (χ2v) is 4.31. The normalized spacial score (nSPS) is 21.8. The van der Waals surface area contributed by atoms with E-state index >= 15 is 0 Å². The van der Waals surface area contributed by atoms with Crippen LogP contribution in [0.2, 0.25) is 0 Å². The van der Waals surface area contributed by atoms with Crippen LogP contribution in [0.25, 0.3) is 0 Å². The Morgan fingerprint density at radius 3 is 2.72 bits per heavy atom. The van der Waals surface area contributed by atoms with Crippen molar-refractivity contribution in [3.8, 4) is 5.75 Å². The molecule has 0 aromatic heterocycles. The van der Waals surface area contributed by atoms with Crippen LogP contribution >= 0.6 is 0 Å². The highest BCUT2D eigenvalue weighted by Gasteiger charge is 2.46. The summed E-state index contributed by atoms with van der Waals surface area (Å²) < 4.78 is 5.35. The van der Waals surface area contributed by atoms with Crippen LogP contribution in [0.1, 0.15) is 18.4 Å². The van der Waals surface area contributed by atoms with Crippen LogP contribution in [0.4, 0.5) is 5.69 Å². The van der Waals surface area contributed by atoms with Crippen LogP contribution in [0, 0.1) is 0 Å². The van der Waals surface area contributed by atoms with E-state index in [1.165, 1.54) is 6.07 Å². The van der Waals surface area contributed by atoms with Gasteiger partial charge in [0.2, 0.25) is 0 Å². The number of fused-ring (bicyclic) bond motifs is 1. The van der Waals surface area contributed by atoms with Gasteiger partial charge in [0, 0.05) is 17.7 Å². The van der Waals surface area contributed by atoms with Gasteiger partial charge in [-0.2, -0.15) is 0 Å². The molecule has 0 bridgehead atoms.